The Bertz CT molecular complexity index is 581. The Morgan fingerprint density at radius 3 is 2.76 bits per heavy atom. The highest BCUT2D eigenvalue weighted by molar-refractivity contribution is 5.97. The van der Waals surface area contributed by atoms with Gasteiger partial charge in [0.15, 0.2) is 0 Å². The van der Waals surface area contributed by atoms with Crippen molar-refractivity contribution in [3.63, 3.8) is 0 Å². The minimum Gasteiger partial charge on any atom is -0.478 e. The third kappa shape index (κ3) is 2.73. The van der Waals surface area contributed by atoms with Gasteiger partial charge in [-0.1, -0.05) is 6.07 Å². The lowest BCUT2D eigenvalue weighted by Gasteiger charge is -2.27. The summed E-state index contributed by atoms with van der Waals surface area (Å²) in [7, 11) is 0. The zero-order valence-corrected chi connectivity index (χ0v) is 12.2. The van der Waals surface area contributed by atoms with E-state index in [0.717, 1.165) is 24.2 Å². The third-order valence-electron chi connectivity index (χ3n) is 4.29. The minimum atomic E-state index is -0.956. The molecule has 1 aliphatic carbocycles. The van der Waals surface area contributed by atoms with Gasteiger partial charge in [0.05, 0.1) is 5.56 Å². The summed E-state index contributed by atoms with van der Waals surface area (Å²) in [5, 5.41) is 9.11. The fraction of sp³-hybridized carbons (Fsp3) is 0.500. The topological polar surface area (TPSA) is 60.9 Å². The van der Waals surface area contributed by atoms with Crippen LogP contribution in [0.15, 0.2) is 18.2 Å². The van der Waals surface area contributed by atoms with Gasteiger partial charge in [0.25, 0.3) is 0 Å². The monoisotopic (exact) mass is 288 g/mol. The van der Waals surface area contributed by atoms with Crippen LogP contribution in [0.5, 0.6) is 0 Å². The van der Waals surface area contributed by atoms with Crippen LogP contribution in [0.3, 0.4) is 0 Å². The third-order valence-corrected chi connectivity index (χ3v) is 4.29. The summed E-state index contributed by atoms with van der Waals surface area (Å²) in [6.45, 7) is 4.14. The number of urea groups is 1. The largest absolute Gasteiger partial charge is 0.478 e. The van der Waals surface area contributed by atoms with Crippen molar-refractivity contribution in [2.45, 2.75) is 26.2 Å². The molecule has 1 N–H and O–H groups in total. The van der Waals surface area contributed by atoms with Crippen molar-refractivity contribution in [2.24, 2.45) is 5.92 Å². The van der Waals surface area contributed by atoms with Gasteiger partial charge in [-0.15, -0.1) is 0 Å². The van der Waals surface area contributed by atoms with Gasteiger partial charge < -0.3 is 10.0 Å². The molecule has 5 heteroatoms. The van der Waals surface area contributed by atoms with E-state index in [-0.39, 0.29) is 11.6 Å². The fourth-order valence-electron chi connectivity index (χ4n) is 2.84. The molecule has 0 spiro atoms. The zero-order chi connectivity index (χ0) is 15.0. The van der Waals surface area contributed by atoms with Crippen LogP contribution < -0.4 is 4.90 Å². The normalized spacial score (nSPS) is 16.7. The Morgan fingerprint density at radius 2 is 2.14 bits per heavy atom. The molecule has 0 saturated heterocycles. The van der Waals surface area contributed by atoms with Crippen LogP contribution in [0.25, 0.3) is 0 Å². The molecule has 0 radical (unpaired) electrons. The van der Waals surface area contributed by atoms with Crippen LogP contribution >= 0.6 is 0 Å². The first-order valence-corrected chi connectivity index (χ1v) is 7.52. The smallest absolute Gasteiger partial charge is 0.335 e. The molecular formula is C16H20N2O3. The van der Waals surface area contributed by atoms with E-state index in [2.05, 4.69) is 0 Å². The van der Waals surface area contributed by atoms with Gasteiger partial charge in [-0.2, -0.15) is 0 Å². The Morgan fingerprint density at radius 1 is 1.38 bits per heavy atom. The van der Waals surface area contributed by atoms with Crippen molar-refractivity contribution >= 4 is 17.7 Å². The molecule has 1 aromatic carbocycles. The number of hydrogen-bond acceptors (Lipinski definition) is 2. The SMILES string of the molecule is CCN(CC1CC1)C(=O)N1CCc2ccc(C(=O)O)cc21. The summed E-state index contributed by atoms with van der Waals surface area (Å²) in [4.78, 5) is 27.4. The van der Waals surface area contributed by atoms with Crippen LogP contribution in [-0.2, 0) is 6.42 Å². The van der Waals surface area contributed by atoms with Crippen molar-refractivity contribution < 1.29 is 14.7 Å². The molecule has 0 bridgehead atoms. The van der Waals surface area contributed by atoms with Crippen LogP contribution in [0, 0.1) is 5.92 Å². The van der Waals surface area contributed by atoms with E-state index in [1.807, 2.05) is 17.9 Å². The highest BCUT2D eigenvalue weighted by Gasteiger charge is 2.31. The number of anilines is 1. The predicted octanol–water partition coefficient (Wildman–Crippen LogP) is 2.60. The maximum absolute atomic E-state index is 12.7. The number of carboxylic acids is 1. The van der Waals surface area contributed by atoms with Gasteiger partial charge in [-0.3, -0.25) is 4.90 Å². The Labute approximate surface area is 124 Å². The quantitative estimate of drug-likeness (QED) is 0.926. The second kappa shape index (κ2) is 5.39. The van der Waals surface area contributed by atoms with Gasteiger partial charge in [-0.25, -0.2) is 9.59 Å². The Kier molecular flexibility index (Phi) is 3.57. The van der Waals surface area contributed by atoms with Crippen LogP contribution in [0.1, 0.15) is 35.7 Å². The molecule has 112 valence electrons. The van der Waals surface area contributed by atoms with Crippen LogP contribution in [0.2, 0.25) is 0 Å². The highest BCUT2D eigenvalue weighted by atomic mass is 16.4. The molecule has 1 fully saturated rings. The molecular weight excluding hydrogens is 268 g/mol. The molecule has 2 amide bonds. The standard InChI is InChI=1S/C16H20N2O3/c1-2-17(10-11-3-4-11)16(21)18-8-7-12-5-6-13(15(19)20)9-14(12)18/h5-6,9,11H,2-4,7-8,10H2,1H3,(H,19,20). The molecule has 1 saturated carbocycles. The lowest BCUT2D eigenvalue weighted by molar-refractivity contribution is 0.0697. The van der Waals surface area contributed by atoms with Crippen molar-refractivity contribution in [1.82, 2.24) is 4.90 Å². The lowest BCUT2D eigenvalue weighted by atomic mass is 10.1. The first-order valence-electron chi connectivity index (χ1n) is 7.52. The summed E-state index contributed by atoms with van der Waals surface area (Å²) in [5.41, 5.74) is 2.05. The minimum absolute atomic E-state index is 0.00527. The van der Waals surface area contributed by atoms with E-state index in [4.69, 9.17) is 5.11 Å². The second-order valence-electron chi connectivity index (χ2n) is 5.81. The first-order chi connectivity index (χ1) is 10.1. The summed E-state index contributed by atoms with van der Waals surface area (Å²) in [6.07, 6.45) is 3.22. The maximum Gasteiger partial charge on any atom is 0.335 e. The van der Waals surface area contributed by atoms with Gasteiger partial charge in [0.2, 0.25) is 0 Å². The molecule has 1 aliphatic heterocycles. The number of hydrogen-bond donors (Lipinski definition) is 1. The molecule has 1 aromatic rings. The average molecular weight is 288 g/mol. The van der Waals surface area contributed by atoms with Crippen LogP contribution in [-0.4, -0.2) is 41.6 Å². The lowest BCUT2D eigenvalue weighted by Crippen LogP contribution is -2.43. The summed E-state index contributed by atoms with van der Waals surface area (Å²) < 4.78 is 0. The van der Waals surface area contributed by atoms with E-state index in [9.17, 15) is 9.59 Å². The van der Waals surface area contributed by atoms with E-state index in [1.54, 1.807) is 17.0 Å². The molecule has 0 aromatic heterocycles. The maximum atomic E-state index is 12.7. The van der Waals surface area contributed by atoms with Gasteiger partial charge in [0, 0.05) is 25.3 Å². The summed E-state index contributed by atoms with van der Waals surface area (Å²) in [5.74, 6) is -0.302. The van der Waals surface area contributed by atoms with Crippen molar-refractivity contribution in [2.75, 3.05) is 24.5 Å². The fourth-order valence-corrected chi connectivity index (χ4v) is 2.84. The van der Waals surface area contributed by atoms with Crippen molar-refractivity contribution in [3.8, 4) is 0 Å². The number of fused-ring (bicyclic) bond motifs is 1. The first kappa shape index (κ1) is 13.9. The number of carbonyl (C=O) groups is 2. The Balaban J connectivity index is 1.82. The van der Waals surface area contributed by atoms with E-state index >= 15 is 0 Å². The molecule has 3 rings (SSSR count). The van der Waals surface area contributed by atoms with Crippen LogP contribution in [0.4, 0.5) is 10.5 Å². The highest BCUT2D eigenvalue weighted by Crippen LogP contribution is 2.33. The van der Waals surface area contributed by atoms with Crippen molar-refractivity contribution in [1.29, 1.82) is 0 Å². The molecule has 2 aliphatic rings. The molecule has 0 atom stereocenters. The number of carboxylic acid groups (broad SMARTS) is 1. The summed E-state index contributed by atoms with van der Waals surface area (Å²) in [6, 6.07) is 5.05. The van der Waals surface area contributed by atoms with Gasteiger partial charge >= 0.3 is 12.0 Å². The second-order valence-corrected chi connectivity index (χ2v) is 5.81. The van der Waals surface area contributed by atoms with Gasteiger partial charge in [-0.05, 0) is 49.8 Å². The Hall–Kier alpha value is -2.04. The number of nitrogens with zero attached hydrogens (tertiary/aromatic N) is 2. The molecule has 0 unspecified atom stereocenters. The predicted molar refractivity (Wildman–Crippen MR) is 79.8 cm³/mol. The van der Waals surface area contributed by atoms with E-state index < -0.39 is 5.97 Å². The van der Waals surface area contributed by atoms with Crippen molar-refractivity contribution in [3.05, 3.63) is 29.3 Å². The molecule has 21 heavy (non-hydrogen) atoms. The number of benzene rings is 1. The molecule has 1 heterocycles. The van der Waals surface area contributed by atoms with Gasteiger partial charge in [0.1, 0.15) is 0 Å². The number of aromatic carboxylic acids is 1. The molecule has 5 nitrogen and oxygen atoms in total. The average Bonchev–Trinajstić information content (AvgIpc) is 3.20. The zero-order valence-electron chi connectivity index (χ0n) is 12.2. The number of rotatable bonds is 4. The van der Waals surface area contributed by atoms with E-state index in [1.165, 1.54) is 12.8 Å². The number of carbonyl (C=O) groups excluding carboxylic acids is 1. The summed E-state index contributed by atoms with van der Waals surface area (Å²) >= 11 is 0. The number of amides is 2. The van der Waals surface area contributed by atoms with E-state index in [0.29, 0.717) is 19.0 Å².